The number of amides is 4. The average Bonchev–Trinajstić information content (AvgIpc) is 3.25. The third-order valence-corrected chi connectivity index (χ3v) is 6.96. The Labute approximate surface area is 199 Å². The number of fused-ring (bicyclic) bond motifs is 2. The third kappa shape index (κ3) is 4.37. The van der Waals surface area contributed by atoms with Gasteiger partial charge in [0.25, 0.3) is 0 Å². The van der Waals surface area contributed by atoms with E-state index >= 15 is 0 Å². The zero-order valence-corrected chi connectivity index (χ0v) is 20.0. The van der Waals surface area contributed by atoms with Gasteiger partial charge in [-0.1, -0.05) is 39.0 Å². The lowest BCUT2D eigenvalue weighted by molar-refractivity contribution is -0.143. The molecule has 4 rings (SSSR count). The molecule has 180 valence electrons. The molecule has 9 heteroatoms. The summed E-state index contributed by atoms with van der Waals surface area (Å²) in [6.07, 6.45) is 2.05. The van der Waals surface area contributed by atoms with Crippen molar-refractivity contribution in [1.82, 2.24) is 15.5 Å². The second kappa shape index (κ2) is 8.12. The lowest BCUT2D eigenvalue weighted by Crippen LogP contribution is -2.55. The Balaban J connectivity index is 1.58. The van der Waals surface area contributed by atoms with Crippen molar-refractivity contribution in [3.05, 3.63) is 29.8 Å². The summed E-state index contributed by atoms with van der Waals surface area (Å²) in [6.45, 7) is 7.69. The summed E-state index contributed by atoms with van der Waals surface area (Å²) < 4.78 is 0. The van der Waals surface area contributed by atoms with Gasteiger partial charge in [0.1, 0.15) is 12.1 Å². The van der Waals surface area contributed by atoms with Gasteiger partial charge >= 0.3 is 11.8 Å². The Morgan fingerprint density at radius 2 is 1.91 bits per heavy atom. The van der Waals surface area contributed by atoms with Crippen molar-refractivity contribution in [3.63, 3.8) is 0 Å². The molecule has 3 N–H and O–H groups in total. The van der Waals surface area contributed by atoms with Crippen LogP contribution in [0.1, 0.15) is 58.9 Å². The molecule has 0 bridgehead atoms. The van der Waals surface area contributed by atoms with Crippen LogP contribution in [0.3, 0.4) is 0 Å². The van der Waals surface area contributed by atoms with Gasteiger partial charge in [0, 0.05) is 24.2 Å². The van der Waals surface area contributed by atoms with Crippen molar-refractivity contribution >= 4 is 29.3 Å². The first-order chi connectivity index (χ1) is 15.9. The molecule has 1 saturated heterocycles. The van der Waals surface area contributed by atoms with Gasteiger partial charge in [0.05, 0.1) is 11.5 Å². The minimum atomic E-state index is -1.01. The molecule has 34 heavy (non-hydrogen) atoms. The fourth-order valence-electron chi connectivity index (χ4n) is 4.87. The lowest BCUT2D eigenvalue weighted by Gasteiger charge is -2.31. The molecular formula is C25H31N5O4. The predicted octanol–water partition coefficient (Wildman–Crippen LogP) is 1.59. The smallest absolute Gasteiger partial charge is 0.309 e. The number of carbonyl (C=O) groups excluding carboxylic acids is 4. The molecule has 1 aliphatic carbocycles. The van der Waals surface area contributed by atoms with E-state index in [0.717, 1.165) is 18.4 Å². The second-order valence-electron chi connectivity index (χ2n) is 11.2. The van der Waals surface area contributed by atoms with E-state index in [4.69, 9.17) is 0 Å². The van der Waals surface area contributed by atoms with Gasteiger partial charge in [-0.3, -0.25) is 19.2 Å². The van der Waals surface area contributed by atoms with E-state index in [2.05, 4.69) is 22.0 Å². The van der Waals surface area contributed by atoms with Gasteiger partial charge in [0.15, 0.2) is 0 Å². The monoisotopic (exact) mass is 465 g/mol. The zero-order valence-electron chi connectivity index (χ0n) is 20.0. The fourth-order valence-corrected chi connectivity index (χ4v) is 4.87. The van der Waals surface area contributed by atoms with Gasteiger partial charge in [-0.05, 0) is 43.2 Å². The summed E-state index contributed by atoms with van der Waals surface area (Å²) in [5.74, 6) is -2.35. The number of para-hydroxylation sites is 1. The highest BCUT2D eigenvalue weighted by molar-refractivity contribution is 6.35. The largest absolute Gasteiger partial charge is 0.343 e. The maximum Gasteiger partial charge on any atom is 0.309 e. The predicted molar refractivity (Wildman–Crippen MR) is 124 cm³/mol. The van der Waals surface area contributed by atoms with Crippen LogP contribution in [-0.4, -0.2) is 52.7 Å². The van der Waals surface area contributed by atoms with Crippen LogP contribution in [0, 0.1) is 16.7 Å². The van der Waals surface area contributed by atoms with Crippen LogP contribution in [0.5, 0.6) is 0 Å². The SMILES string of the molecule is CC(C)(C)C[C@H](NC(=O)C(=O)NC1(C)CC1)C(=O)N1C[C@]2(CC1C#N)C(=O)Nc1ccccc12. The minimum Gasteiger partial charge on any atom is -0.343 e. The van der Waals surface area contributed by atoms with E-state index in [1.165, 1.54) is 4.90 Å². The van der Waals surface area contributed by atoms with Crippen LogP contribution < -0.4 is 16.0 Å². The molecule has 2 fully saturated rings. The van der Waals surface area contributed by atoms with E-state index in [1.807, 2.05) is 45.9 Å². The molecule has 2 heterocycles. The first-order valence-corrected chi connectivity index (χ1v) is 11.6. The van der Waals surface area contributed by atoms with Crippen LogP contribution in [0.25, 0.3) is 0 Å². The summed E-state index contributed by atoms with van der Waals surface area (Å²) >= 11 is 0. The maximum atomic E-state index is 13.7. The number of likely N-dealkylation sites (tertiary alicyclic amines) is 1. The summed E-state index contributed by atoms with van der Waals surface area (Å²) in [7, 11) is 0. The maximum absolute atomic E-state index is 13.7. The molecule has 4 amide bonds. The van der Waals surface area contributed by atoms with Gasteiger partial charge in [-0.25, -0.2) is 0 Å². The minimum absolute atomic E-state index is 0.0354. The Kier molecular flexibility index (Phi) is 5.67. The summed E-state index contributed by atoms with van der Waals surface area (Å²) in [4.78, 5) is 53.2. The summed E-state index contributed by atoms with van der Waals surface area (Å²) in [6, 6.07) is 7.62. The number of anilines is 1. The van der Waals surface area contributed by atoms with E-state index in [-0.39, 0.29) is 36.2 Å². The van der Waals surface area contributed by atoms with Gasteiger partial charge in [-0.2, -0.15) is 5.26 Å². The number of hydrogen-bond donors (Lipinski definition) is 3. The molecule has 9 nitrogen and oxygen atoms in total. The fraction of sp³-hybridized carbons (Fsp3) is 0.560. The lowest BCUT2D eigenvalue weighted by atomic mass is 9.80. The van der Waals surface area contributed by atoms with Crippen LogP contribution in [0.4, 0.5) is 5.69 Å². The van der Waals surface area contributed by atoms with E-state index < -0.39 is 35.2 Å². The van der Waals surface area contributed by atoms with Crippen LogP contribution in [-0.2, 0) is 24.6 Å². The van der Waals surface area contributed by atoms with E-state index in [0.29, 0.717) is 5.69 Å². The Hall–Kier alpha value is -3.41. The standard InChI is InChI=1S/C25H31N5O4/c1-23(2,3)12-18(27-19(31)20(32)29-24(4)9-10-24)21(33)30-14-25(11-15(30)13-26)16-7-5-6-8-17(16)28-22(25)34/h5-8,15,18H,9-12,14H2,1-4H3,(H,27,31)(H,28,34)(H,29,32)/t15?,18-,25-/m0/s1. The summed E-state index contributed by atoms with van der Waals surface area (Å²) in [5.41, 5.74) is -0.272. The van der Waals surface area contributed by atoms with E-state index in [1.54, 1.807) is 6.07 Å². The normalized spacial score (nSPS) is 25.2. The van der Waals surface area contributed by atoms with Crippen molar-refractivity contribution in [1.29, 1.82) is 5.26 Å². The summed E-state index contributed by atoms with van der Waals surface area (Å²) in [5, 5.41) is 18.0. The van der Waals surface area contributed by atoms with Crippen LogP contribution in [0.15, 0.2) is 24.3 Å². The molecule has 1 aromatic carbocycles. The number of nitrogens with one attached hydrogen (secondary N) is 3. The highest BCUT2D eigenvalue weighted by Crippen LogP contribution is 2.46. The zero-order chi connectivity index (χ0) is 24.9. The number of rotatable bonds is 4. The van der Waals surface area contributed by atoms with Crippen molar-refractivity contribution < 1.29 is 19.2 Å². The van der Waals surface area contributed by atoms with Crippen molar-refractivity contribution in [2.45, 2.75) is 76.4 Å². The van der Waals surface area contributed by atoms with Crippen molar-refractivity contribution in [2.75, 3.05) is 11.9 Å². The highest BCUT2D eigenvalue weighted by atomic mass is 16.2. The molecule has 2 aliphatic heterocycles. The molecule has 3 atom stereocenters. The number of nitrogens with zero attached hydrogens (tertiary/aromatic N) is 2. The molecule has 1 spiro atoms. The quantitative estimate of drug-likeness (QED) is 0.581. The number of carbonyl (C=O) groups is 4. The van der Waals surface area contributed by atoms with Crippen molar-refractivity contribution in [3.8, 4) is 6.07 Å². The molecule has 1 saturated carbocycles. The highest BCUT2D eigenvalue weighted by Gasteiger charge is 2.56. The second-order valence-corrected chi connectivity index (χ2v) is 11.2. The van der Waals surface area contributed by atoms with Gasteiger partial charge in [-0.15, -0.1) is 0 Å². The number of hydrogen-bond acceptors (Lipinski definition) is 5. The molecule has 0 radical (unpaired) electrons. The molecule has 1 aromatic rings. The molecule has 3 aliphatic rings. The Morgan fingerprint density at radius 1 is 1.24 bits per heavy atom. The Bertz CT molecular complexity index is 1100. The third-order valence-electron chi connectivity index (χ3n) is 6.96. The van der Waals surface area contributed by atoms with Gasteiger partial charge in [0.2, 0.25) is 11.8 Å². The van der Waals surface area contributed by atoms with Gasteiger partial charge < -0.3 is 20.9 Å². The molecule has 1 unspecified atom stereocenters. The first kappa shape index (κ1) is 23.7. The first-order valence-electron chi connectivity index (χ1n) is 11.6. The van der Waals surface area contributed by atoms with E-state index in [9.17, 15) is 24.4 Å². The Morgan fingerprint density at radius 3 is 2.53 bits per heavy atom. The van der Waals surface area contributed by atoms with Crippen LogP contribution in [0.2, 0.25) is 0 Å². The number of nitriles is 1. The van der Waals surface area contributed by atoms with Crippen LogP contribution >= 0.6 is 0 Å². The van der Waals surface area contributed by atoms with Crippen molar-refractivity contribution in [2.24, 2.45) is 5.41 Å². The topological polar surface area (TPSA) is 131 Å². The average molecular weight is 466 g/mol. The number of benzene rings is 1. The molecular weight excluding hydrogens is 434 g/mol. The molecule has 0 aromatic heterocycles.